The van der Waals surface area contributed by atoms with Crippen LogP contribution in [-0.2, 0) is 5.54 Å². The minimum Gasteiger partial charge on any atom is -0.378 e. The first kappa shape index (κ1) is 15.7. The maximum Gasteiger partial charge on any atom is 0.161 e. The van der Waals surface area contributed by atoms with Crippen molar-refractivity contribution in [2.75, 3.05) is 5.06 Å². The van der Waals surface area contributed by atoms with Crippen LogP contribution < -0.4 is 9.90 Å². The van der Waals surface area contributed by atoms with Crippen LogP contribution in [0.1, 0.15) is 16.7 Å². The second-order valence-electron chi connectivity index (χ2n) is 6.66. The summed E-state index contributed by atoms with van der Waals surface area (Å²) in [4.78, 5) is 6.45. The smallest absolute Gasteiger partial charge is 0.161 e. The largest absolute Gasteiger partial charge is 0.378 e. The predicted octanol–water partition coefficient (Wildman–Crippen LogP) is 5.79. The highest BCUT2D eigenvalue weighted by Crippen LogP contribution is 2.52. The fourth-order valence-corrected chi connectivity index (χ4v) is 4.00. The van der Waals surface area contributed by atoms with Gasteiger partial charge in [0.1, 0.15) is 0 Å². The van der Waals surface area contributed by atoms with E-state index in [1.54, 1.807) is 0 Å². The molecule has 0 unspecified atom stereocenters. The summed E-state index contributed by atoms with van der Waals surface area (Å²) in [6.07, 6.45) is 0. The molecule has 0 amide bonds. The van der Waals surface area contributed by atoms with E-state index >= 15 is 0 Å². The summed E-state index contributed by atoms with van der Waals surface area (Å²) in [6, 6.07) is 39.8. The van der Waals surface area contributed by atoms with Crippen LogP contribution in [0.15, 0.2) is 115 Å². The lowest BCUT2D eigenvalue weighted by atomic mass is 9.77. The van der Waals surface area contributed by atoms with Crippen molar-refractivity contribution < 1.29 is 4.84 Å². The highest BCUT2D eigenvalue weighted by molar-refractivity contribution is 5.67. The van der Waals surface area contributed by atoms with Gasteiger partial charge in [-0.1, -0.05) is 97.1 Å². The van der Waals surface area contributed by atoms with E-state index in [-0.39, 0.29) is 0 Å². The molecule has 1 aliphatic rings. The highest BCUT2D eigenvalue weighted by atomic mass is 16.7. The molecule has 0 saturated carbocycles. The van der Waals surface area contributed by atoms with E-state index in [9.17, 15) is 0 Å². The first-order chi connectivity index (χ1) is 13.4. The minimum atomic E-state index is -0.555. The van der Waals surface area contributed by atoms with Gasteiger partial charge in [-0.25, -0.2) is 0 Å². The van der Waals surface area contributed by atoms with Gasteiger partial charge in [-0.3, -0.25) is 0 Å². The lowest BCUT2D eigenvalue weighted by molar-refractivity contribution is 0.262. The molecule has 2 nitrogen and oxygen atoms in total. The third-order valence-electron chi connectivity index (χ3n) is 5.14. The number of anilines is 1. The Kier molecular flexibility index (Phi) is 3.68. The second-order valence-corrected chi connectivity index (χ2v) is 6.66. The number of hydrogen-bond acceptors (Lipinski definition) is 2. The highest BCUT2D eigenvalue weighted by Gasteiger charge is 2.50. The van der Waals surface area contributed by atoms with Crippen LogP contribution in [-0.4, -0.2) is 0 Å². The van der Waals surface area contributed by atoms with Crippen LogP contribution in [0.2, 0.25) is 0 Å². The maximum absolute atomic E-state index is 6.45. The molecular weight excluding hydrogens is 330 g/mol. The number of fused-ring (bicyclic) bond motifs is 1. The van der Waals surface area contributed by atoms with Gasteiger partial charge in [0.05, 0.1) is 5.69 Å². The summed E-state index contributed by atoms with van der Waals surface area (Å²) in [5.41, 5.74) is 3.95. The van der Waals surface area contributed by atoms with E-state index in [4.69, 9.17) is 4.84 Å². The SMILES string of the molecule is c1ccc(N2Oc3ccccc3C2(c2ccccc2)c2ccccc2)cc1. The van der Waals surface area contributed by atoms with Crippen LogP contribution in [0.3, 0.4) is 0 Å². The molecule has 0 bridgehead atoms. The van der Waals surface area contributed by atoms with E-state index in [1.807, 2.05) is 35.4 Å². The summed E-state index contributed by atoms with van der Waals surface area (Å²) in [7, 11) is 0. The molecular formula is C25H19NO. The first-order valence-electron chi connectivity index (χ1n) is 9.14. The second kappa shape index (κ2) is 6.33. The van der Waals surface area contributed by atoms with E-state index in [0.29, 0.717) is 0 Å². The number of para-hydroxylation sites is 2. The molecule has 130 valence electrons. The summed E-state index contributed by atoms with van der Waals surface area (Å²) < 4.78 is 0. The fraction of sp³-hybridized carbons (Fsp3) is 0.0400. The van der Waals surface area contributed by atoms with Gasteiger partial charge in [-0.2, -0.15) is 5.06 Å². The number of nitrogens with zero attached hydrogens (tertiary/aromatic N) is 1. The zero-order valence-corrected chi connectivity index (χ0v) is 14.8. The molecule has 27 heavy (non-hydrogen) atoms. The van der Waals surface area contributed by atoms with Crippen molar-refractivity contribution in [3.05, 3.63) is 132 Å². The Morgan fingerprint density at radius 2 is 1.00 bits per heavy atom. The summed E-state index contributed by atoms with van der Waals surface area (Å²) in [5.74, 6) is 0.883. The molecule has 0 N–H and O–H groups in total. The van der Waals surface area contributed by atoms with Crippen molar-refractivity contribution >= 4 is 5.69 Å². The zero-order valence-electron chi connectivity index (χ0n) is 14.8. The summed E-state index contributed by atoms with van der Waals surface area (Å²) in [5, 5.41) is 2.04. The molecule has 0 aliphatic carbocycles. The predicted molar refractivity (Wildman–Crippen MR) is 109 cm³/mol. The van der Waals surface area contributed by atoms with Crippen LogP contribution >= 0.6 is 0 Å². The maximum atomic E-state index is 6.45. The van der Waals surface area contributed by atoms with E-state index in [1.165, 1.54) is 11.1 Å². The monoisotopic (exact) mass is 349 g/mol. The van der Waals surface area contributed by atoms with Crippen LogP contribution in [0.5, 0.6) is 5.75 Å². The Balaban J connectivity index is 1.88. The van der Waals surface area contributed by atoms with Crippen LogP contribution in [0.25, 0.3) is 0 Å². The Morgan fingerprint density at radius 3 is 1.59 bits per heavy atom. The van der Waals surface area contributed by atoms with Crippen molar-refractivity contribution in [3.8, 4) is 5.75 Å². The summed E-state index contributed by atoms with van der Waals surface area (Å²) in [6.45, 7) is 0. The summed E-state index contributed by atoms with van der Waals surface area (Å²) >= 11 is 0. The third-order valence-corrected chi connectivity index (χ3v) is 5.14. The quantitative estimate of drug-likeness (QED) is 0.464. The van der Waals surface area contributed by atoms with E-state index in [2.05, 4.69) is 84.9 Å². The Morgan fingerprint density at radius 1 is 0.519 bits per heavy atom. The Bertz CT molecular complexity index is 1010. The van der Waals surface area contributed by atoms with Crippen molar-refractivity contribution in [2.45, 2.75) is 5.54 Å². The number of hydrogen-bond donors (Lipinski definition) is 0. The normalized spacial score (nSPS) is 14.4. The molecule has 5 rings (SSSR count). The van der Waals surface area contributed by atoms with Gasteiger partial charge in [0.25, 0.3) is 0 Å². The van der Waals surface area contributed by atoms with Crippen LogP contribution in [0.4, 0.5) is 5.69 Å². The molecule has 4 aromatic rings. The van der Waals surface area contributed by atoms with Gasteiger partial charge in [0, 0.05) is 5.56 Å². The van der Waals surface area contributed by atoms with Gasteiger partial charge in [0.15, 0.2) is 11.3 Å². The molecule has 1 heterocycles. The minimum absolute atomic E-state index is 0.555. The topological polar surface area (TPSA) is 12.5 Å². The lowest BCUT2D eigenvalue weighted by Crippen LogP contribution is -2.45. The van der Waals surface area contributed by atoms with Crippen molar-refractivity contribution in [1.29, 1.82) is 0 Å². The molecule has 0 atom stereocenters. The van der Waals surface area contributed by atoms with E-state index < -0.39 is 5.54 Å². The van der Waals surface area contributed by atoms with Gasteiger partial charge >= 0.3 is 0 Å². The molecule has 0 aromatic heterocycles. The number of rotatable bonds is 3. The first-order valence-corrected chi connectivity index (χ1v) is 9.14. The van der Waals surface area contributed by atoms with Crippen molar-refractivity contribution in [2.24, 2.45) is 0 Å². The van der Waals surface area contributed by atoms with Gasteiger partial charge in [0.2, 0.25) is 0 Å². The standard InChI is InChI=1S/C25H19NO/c1-4-12-20(13-5-1)25(21-14-6-2-7-15-21)23-18-10-11-19-24(23)27-26(25)22-16-8-3-9-17-22/h1-19H. The molecule has 0 fully saturated rings. The molecule has 1 aliphatic heterocycles. The van der Waals surface area contributed by atoms with Crippen molar-refractivity contribution in [1.82, 2.24) is 0 Å². The number of benzene rings is 4. The lowest BCUT2D eigenvalue weighted by Gasteiger charge is -2.38. The average molecular weight is 349 g/mol. The van der Waals surface area contributed by atoms with E-state index in [0.717, 1.165) is 17.0 Å². The number of hydroxylamine groups is 1. The van der Waals surface area contributed by atoms with Gasteiger partial charge in [-0.05, 0) is 29.3 Å². The van der Waals surface area contributed by atoms with Crippen molar-refractivity contribution in [3.63, 3.8) is 0 Å². The molecule has 0 radical (unpaired) electrons. The average Bonchev–Trinajstić information content (AvgIpc) is 3.12. The fourth-order valence-electron chi connectivity index (χ4n) is 4.00. The Hall–Kier alpha value is -3.52. The van der Waals surface area contributed by atoms with Crippen LogP contribution in [0, 0.1) is 0 Å². The molecule has 2 heteroatoms. The van der Waals surface area contributed by atoms with Gasteiger partial charge in [-0.15, -0.1) is 0 Å². The molecule has 0 saturated heterocycles. The molecule has 4 aromatic carbocycles. The van der Waals surface area contributed by atoms with Gasteiger partial charge < -0.3 is 4.84 Å². The zero-order chi connectivity index (χ0) is 18.1. The molecule has 0 spiro atoms. The third kappa shape index (κ3) is 2.34. The Labute approximate surface area is 159 Å².